The number of ketones is 2. The van der Waals surface area contributed by atoms with Crippen LogP contribution in [0.4, 0.5) is 0 Å². The zero-order chi connectivity index (χ0) is 49.8. The second kappa shape index (κ2) is 44.4. The van der Waals surface area contributed by atoms with E-state index in [2.05, 4.69) is 21.3 Å². The van der Waals surface area contributed by atoms with Gasteiger partial charge in [0.05, 0.1) is 52.2 Å². The molecule has 0 saturated heterocycles. The van der Waals surface area contributed by atoms with E-state index in [0.29, 0.717) is 45.3 Å². The molecule has 0 bridgehead atoms. The number of hydrogen-bond acceptors (Lipinski definition) is 15. The van der Waals surface area contributed by atoms with Crippen LogP contribution in [-0.2, 0) is 57.3 Å². The van der Waals surface area contributed by atoms with Crippen molar-refractivity contribution in [1.82, 2.24) is 21.3 Å². The van der Waals surface area contributed by atoms with Crippen molar-refractivity contribution in [2.24, 2.45) is 11.5 Å². The summed E-state index contributed by atoms with van der Waals surface area (Å²) in [6, 6.07) is -2.90. The lowest BCUT2D eigenvalue weighted by molar-refractivity contribution is -0.142. The van der Waals surface area contributed by atoms with Crippen molar-refractivity contribution in [3.63, 3.8) is 0 Å². The molecule has 0 aliphatic heterocycles. The molecule has 0 aromatic heterocycles. The van der Waals surface area contributed by atoms with E-state index in [1.807, 2.05) is 0 Å². The van der Waals surface area contributed by atoms with Crippen molar-refractivity contribution in [2.45, 2.75) is 166 Å². The minimum atomic E-state index is -1.19. The zero-order valence-corrected chi connectivity index (χ0v) is 39.9. The number of primary amides is 1. The average molecular weight is 961 g/mol. The maximum absolute atomic E-state index is 12.3. The Morgan fingerprint density at radius 1 is 0.493 bits per heavy atom. The van der Waals surface area contributed by atoms with Gasteiger partial charge in [-0.15, -0.1) is 0 Å². The van der Waals surface area contributed by atoms with Crippen molar-refractivity contribution >= 4 is 47.1 Å². The zero-order valence-electron chi connectivity index (χ0n) is 39.9. The molecule has 0 aromatic rings. The summed E-state index contributed by atoms with van der Waals surface area (Å²) in [6.07, 6.45) is 17.7. The molecule has 0 heterocycles. The third-order valence-electron chi connectivity index (χ3n) is 10.6. The van der Waals surface area contributed by atoms with E-state index in [9.17, 15) is 43.5 Å². The van der Waals surface area contributed by atoms with Gasteiger partial charge in [-0.3, -0.25) is 38.9 Å². The molecule has 3 atom stereocenters. The van der Waals surface area contributed by atoms with Crippen molar-refractivity contribution in [3.8, 4) is 0 Å². The van der Waals surface area contributed by atoms with Crippen LogP contribution in [0.3, 0.4) is 0 Å². The molecule has 0 radical (unpaired) electrons. The Balaban J connectivity index is 3.68. The van der Waals surface area contributed by atoms with Gasteiger partial charge in [-0.05, 0) is 44.9 Å². The molecule has 0 aliphatic rings. The number of nitrogens with one attached hydrogen (secondary N) is 4. The summed E-state index contributed by atoms with van der Waals surface area (Å²) in [6.45, 7) is 1.05. The number of carboxylic acids is 2. The summed E-state index contributed by atoms with van der Waals surface area (Å²) in [7, 11) is 0. The van der Waals surface area contributed by atoms with E-state index in [0.717, 1.165) is 44.9 Å². The maximum atomic E-state index is 12.3. The van der Waals surface area contributed by atoms with Gasteiger partial charge in [-0.2, -0.15) is 0 Å². The molecule has 67 heavy (non-hydrogen) atoms. The molecule has 21 nitrogen and oxygen atoms in total. The van der Waals surface area contributed by atoms with Crippen LogP contribution in [0.25, 0.3) is 0 Å². The molecule has 21 heteroatoms. The number of ether oxygens (including phenoxy) is 4. The third-order valence-corrected chi connectivity index (χ3v) is 10.6. The molecular formula is C46H84N6O15. The SMILES string of the molecule is NC(=O)[C@H](CO)NCC(=O)[C@@H](N)CCCCNC(=O)COCCOCCCC(=O)COCCOCCNC(=O)CC[C@H](NC(=O)CCCCCCCCCCCCCCCCC(=O)O)C(=O)O. The number of carbonyl (C=O) groups is 8. The lowest BCUT2D eigenvalue weighted by atomic mass is 10.0. The Bertz CT molecular complexity index is 1380. The number of rotatable bonds is 50. The standard InChI is InChI=1S/C46H84N6O15/c47-37(40(55)32-51-39(33-53)45(48)61)19-15-16-24-49-43(58)35-67-31-28-64-26-17-18-36(54)34-66-30-29-65-27-25-50-41(56)23-22-38(46(62)63)52-42(57)20-13-11-9-7-5-3-1-2-4-6-8-10-12-14-21-44(59)60/h37-39,51,53H,1-35,47H2,(H2,48,61)(H,49,58)(H,50,56)(H,52,57)(H,59,60)(H,62,63)/t37-,38-,39-/m0/s1. The number of carboxylic acid groups (broad SMARTS) is 2. The number of hydrogen-bond donors (Lipinski definition) is 9. The average Bonchev–Trinajstić information content (AvgIpc) is 3.28. The van der Waals surface area contributed by atoms with Gasteiger partial charge >= 0.3 is 11.9 Å². The highest BCUT2D eigenvalue weighted by Crippen LogP contribution is 2.14. The molecular weight excluding hydrogens is 877 g/mol. The summed E-state index contributed by atoms with van der Waals surface area (Å²) in [4.78, 5) is 93.9. The number of nitrogens with two attached hydrogens (primary N) is 2. The van der Waals surface area contributed by atoms with Gasteiger partial charge in [-0.1, -0.05) is 77.0 Å². The summed E-state index contributed by atoms with van der Waals surface area (Å²) in [5, 5.41) is 37.7. The molecule has 4 amide bonds. The quantitative estimate of drug-likeness (QED) is 0.0393. The number of carbonyl (C=O) groups excluding carboxylic acids is 6. The highest BCUT2D eigenvalue weighted by molar-refractivity contribution is 5.87. The molecule has 0 unspecified atom stereocenters. The van der Waals surface area contributed by atoms with Crippen LogP contribution in [0, 0.1) is 0 Å². The number of aliphatic hydroxyl groups is 1. The highest BCUT2D eigenvalue weighted by atomic mass is 16.5. The highest BCUT2D eigenvalue weighted by Gasteiger charge is 2.21. The fraction of sp³-hybridized carbons (Fsp3) is 0.826. The Kier molecular flexibility index (Phi) is 41.7. The van der Waals surface area contributed by atoms with Gasteiger partial charge < -0.3 is 61.7 Å². The molecule has 0 aliphatic carbocycles. The van der Waals surface area contributed by atoms with E-state index in [1.54, 1.807) is 0 Å². The largest absolute Gasteiger partial charge is 0.481 e. The molecule has 388 valence electrons. The van der Waals surface area contributed by atoms with E-state index in [1.165, 1.54) is 38.5 Å². The third kappa shape index (κ3) is 41.8. The minimum Gasteiger partial charge on any atom is -0.481 e. The first-order chi connectivity index (χ1) is 32.3. The number of aliphatic hydroxyl groups excluding tert-OH is 1. The van der Waals surface area contributed by atoms with Crippen molar-refractivity contribution in [2.75, 3.05) is 79.1 Å². The number of amides is 4. The van der Waals surface area contributed by atoms with E-state index >= 15 is 0 Å². The van der Waals surface area contributed by atoms with Crippen molar-refractivity contribution < 1.29 is 72.6 Å². The Morgan fingerprint density at radius 3 is 1.60 bits per heavy atom. The second-order valence-corrected chi connectivity index (χ2v) is 16.6. The van der Waals surface area contributed by atoms with Gasteiger partial charge in [-0.25, -0.2) is 4.79 Å². The predicted molar refractivity (Wildman–Crippen MR) is 249 cm³/mol. The molecule has 0 saturated carbocycles. The Hall–Kier alpha value is -4.12. The van der Waals surface area contributed by atoms with Gasteiger partial charge in [0.15, 0.2) is 11.6 Å². The van der Waals surface area contributed by atoms with Gasteiger partial charge in [0.2, 0.25) is 23.6 Å². The van der Waals surface area contributed by atoms with Crippen molar-refractivity contribution in [3.05, 3.63) is 0 Å². The summed E-state index contributed by atoms with van der Waals surface area (Å²) in [5.74, 6) is -4.07. The summed E-state index contributed by atoms with van der Waals surface area (Å²) >= 11 is 0. The van der Waals surface area contributed by atoms with Crippen LogP contribution in [0.5, 0.6) is 0 Å². The van der Waals surface area contributed by atoms with Gasteiger partial charge in [0, 0.05) is 45.4 Å². The molecule has 0 fully saturated rings. The first-order valence-electron chi connectivity index (χ1n) is 24.3. The van der Waals surface area contributed by atoms with Gasteiger partial charge in [0.25, 0.3) is 0 Å². The topological polar surface area (TPSA) is 334 Å². The van der Waals surface area contributed by atoms with E-state index in [-0.39, 0.29) is 121 Å². The lowest BCUT2D eigenvalue weighted by Crippen LogP contribution is -2.48. The van der Waals surface area contributed by atoms with Crippen LogP contribution in [-0.4, -0.2) is 160 Å². The van der Waals surface area contributed by atoms with Crippen LogP contribution in [0.1, 0.15) is 148 Å². The summed E-state index contributed by atoms with van der Waals surface area (Å²) in [5.41, 5.74) is 11.0. The molecule has 11 N–H and O–H groups in total. The summed E-state index contributed by atoms with van der Waals surface area (Å²) < 4.78 is 21.5. The molecule has 0 aromatic carbocycles. The van der Waals surface area contributed by atoms with E-state index in [4.69, 9.17) is 40.6 Å². The number of aliphatic carboxylic acids is 2. The Morgan fingerprint density at radius 2 is 1.03 bits per heavy atom. The Labute approximate surface area is 396 Å². The van der Waals surface area contributed by atoms with Gasteiger partial charge in [0.1, 0.15) is 25.3 Å². The van der Waals surface area contributed by atoms with Crippen LogP contribution in [0.15, 0.2) is 0 Å². The lowest BCUT2D eigenvalue weighted by Gasteiger charge is -2.15. The number of Topliss-reactive ketones (excluding diaryl/α,β-unsaturated/α-hetero) is 2. The van der Waals surface area contributed by atoms with Crippen molar-refractivity contribution in [1.29, 1.82) is 0 Å². The maximum Gasteiger partial charge on any atom is 0.326 e. The number of unbranched alkanes of at least 4 members (excludes halogenated alkanes) is 14. The smallest absolute Gasteiger partial charge is 0.326 e. The van der Waals surface area contributed by atoms with Crippen LogP contribution >= 0.6 is 0 Å². The fourth-order valence-corrected chi connectivity index (χ4v) is 6.61. The minimum absolute atomic E-state index is 0.0332. The van der Waals surface area contributed by atoms with Crippen LogP contribution < -0.4 is 32.7 Å². The van der Waals surface area contributed by atoms with E-state index < -0.39 is 42.6 Å². The molecule has 0 rings (SSSR count). The molecule has 0 spiro atoms. The predicted octanol–water partition coefficient (Wildman–Crippen LogP) is 1.81. The monoisotopic (exact) mass is 961 g/mol. The normalized spacial score (nSPS) is 12.5. The first kappa shape index (κ1) is 62.9. The second-order valence-electron chi connectivity index (χ2n) is 16.6. The first-order valence-corrected chi connectivity index (χ1v) is 24.3. The van der Waals surface area contributed by atoms with Crippen LogP contribution in [0.2, 0.25) is 0 Å². The fourth-order valence-electron chi connectivity index (χ4n) is 6.61.